The Morgan fingerprint density at radius 2 is 1.52 bits per heavy atom. The topological polar surface area (TPSA) is 120 Å². The SMILES string of the molecule is CC1CCCCC1NC(=O)NC1CCC(CC(=O)NC2CCCC(NCCC(=O)O)C2)CC1. The van der Waals surface area contributed by atoms with Crippen LogP contribution in [0.25, 0.3) is 0 Å². The molecule has 0 saturated heterocycles. The van der Waals surface area contributed by atoms with Crippen LogP contribution in [0.2, 0.25) is 0 Å². The summed E-state index contributed by atoms with van der Waals surface area (Å²) in [5.41, 5.74) is 0. The van der Waals surface area contributed by atoms with Crippen molar-refractivity contribution in [2.75, 3.05) is 6.54 Å². The summed E-state index contributed by atoms with van der Waals surface area (Å²) in [5, 5.41) is 21.7. The van der Waals surface area contributed by atoms with Gasteiger partial charge in [0, 0.05) is 37.1 Å². The van der Waals surface area contributed by atoms with Crippen LogP contribution in [0.4, 0.5) is 4.79 Å². The molecule has 0 aromatic carbocycles. The summed E-state index contributed by atoms with van der Waals surface area (Å²) in [6.07, 6.45) is 13.2. The lowest BCUT2D eigenvalue weighted by Gasteiger charge is -2.33. The lowest BCUT2D eigenvalue weighted by Crippen LogP contribution is -2.49. The first kappa shape index (κ1) is 25.8. The molecule has 3 aliphatic carbocycles. The largest absolute Gasteiger partial charge is 0.481 e. The average molecular weight is 465 g/mol. The minimum absolute atomic E-state index is 0.0289. The molecular formula is C25H44N4O4. The van der Waals surface area contributed by atoms with Crippen molar-refractivity contribution < 1.29 is 19.5 Å². The maximum absolute atomic E-state index is 12.6. The minimum Gasteiger partial charge on any atom is -0.481 e. The van der Waals surface area contributed by atoms with Crippen molar-refractivity contribution in [2.45, 2.75) is 121 Å². The van der Waals surface area contributed by atoms with Gasteiger partial charge in [0.2, 0.25) is 5.91 Å². The van der Waals surface area contributed by atoms with Gasteiger partial charge in [0.05, 0.1) is 6.42 Å². The average Bonchev–Trinajstić information content (AvgIpc) is 2.77. The van der Waals surface area contributed by atoms with E-state index in [2.05, 4.69) is 28.2 Å². The maximum Gasteiger partial charge on any atom is 0.315 e. The van der Waals surface area contributed by atoms with Crippen LogP contribution in [0.1, 0.15) is 96.8 Å². The third-order valence-electron chi connectivity index (χ3n) is 7.90. The molecule has 0 aromatic rings. The fourth-order valence-electron chi connectivity index (χ4n) is 5.88. The molecule has 4 unspecified atom stereocenters. The van der Waals surface area contributed by atoms with E-state index in [1.165, 1.54) is 19.3 Å². The van der Waals surface area contributed by atoms with Crippen molar-refractivity contribution in [2.24, 2.45) is 11.8 Å². The molecule has 3 aliphatic rings. The number of nitrogens with one attached hydrogen (secondary N) is 4. The van der Waals surface area contributed by atoms with E-state index in [4.69, 9.17) is 5.11 Å². The van der Waals surface area contributed by atoms with E-state index in [0.29, 0.717) is 30.8 Å². The number of hydrogen-bond acceptors (Lipinski definition) is 4. The second-order valence-corrected chi connectivity index (χ2v) is 10.6. The number of aliphatic carboxylic acids is 1. The van der Waals surface area contributed by atoms with E-state index >= 15 is 0 Å². The van der Waals surface area contributed by atoms with Crippen LogP contribution in [-0.2, 0) is 9.59 Å². The predicted octanol–water partition coefficient (Wildman–Crippen LogP) is 3.30. The minimum atomic E-state index is -0.785. The summed E-state index contributed by atoms with van der Waals surface area (Å²) < 4.78 is 0. The third-order valence-corrected chi connectivity index (χ3v) is 7.90. The Hall–Kier alpha value is -1.83. The molecule has 3 amide bonds. The molecule has 0 radical (unpaired) electrons. The van der Waals surface area contributed by atoms with Gasteiger partial charge < -0.3 is 26.4 Å². The number of urea groups is 1. The van der Waals surface area contributed by atoms with Crippen LogP contribution in [0.15, 0.2) is 0 Å². The highest BCUT2D eigenvalue weighted by atomic mass is 16.4. The van der Waals surface area contributed by atoms with Crippen LogP contribution in [-0.4, -0.2) is 53.7 Å². The van der Waals surface area contributed by atoms with Gasteiger partial charge in [-0.1, -0.05) is 19.8 Å². The maximum atomic E-state index is 12.6. The summed E-state index contributed by atoms with van der Waals surface area (Å²) in [6, 6.07) is 0.939. The van der Waals surface area contributed by atoms with E-state index in [-0.39, 0.29) is 36.5 Å². The van der Waals surface area contributed by atoms with E-state index in [0.717, 1.165) is 57.8 Å². The summed E-state index contributed by atoms with van der Waals surface area (Å²) in [5.74, 6) is 0.287. The summed E-state index contributed by atoms with van der Waals surface area (Å²) in [6.45, 7) is 2.71. The zero-order valence-corrected chi connectivity index (χ0v) is 20.2. The molecule has 0 heterocycles. The summed E-state index contributed by atoms with van der Waals surface area (Å²) in [4.78, 5) is 35.7. The third kappa shape index (κ3) is 9.14. The molecule has 8 heteroatoms. The highest BCUT2D eigenvalue weighted by Crippen LogP contribution is 2.28. The Morgan fingerprint density at radius 1 is 0.788 bits per heavy atom. The first-order chi connectivity index (χ1) is 15.9. The van der Waals surface area contributed by atoms with Crippen LogP contribution >= 0.6 is 0 Å². The quantitative estimate of drug-likeness (QED) is 0.359. The van der Waals surface area contributed by atoms with Gasteiger partial charge in [-0.25, -0.2) is 4.79 Å². The van der Waals surface area contributed by atoms with Crippen LogP contribution in [0, 0.1) is 11.8 Å². The van der Waals surface area contributed by atoms with E-state index in [1.54, 1.807) is 0 Å². The van der Waals surface area contributed by atoms with Crippen LogP contribution in [0.5, 0.6) is 0 Å². The molecule has 0 bridgehead atoms. The van der Waals surface area contributed by atoms with Gasteiger partial charge in [0.1, 0.15) is 0 Å². The van der Waals surface area contributed by atoms with Crippen molar-refractivity contribution >= 4 is 17.9 Å². The van der Waals surface area contributed by atoms with Crippen molar-refractivity contribution in [3.05, 3.63) is 0 Å². The molecule has 0 spiro atoms. The lowest BCUT2D eigenvalue weighted by atomic mass is 9.83. The number of carboxylic acids is 1. The second kappa shape index (κ2) is 13.2. The molecule has 8 nitrogen and oxygen atoms in total. The molecule has 5 N–H and O–H groups in total. The molecule has 188 valence electrons. The first-order valence-corrected chi connectivity index (χ1v) is 13.2. The monoisotopic (exact) mass is 464 g/mol. The van der Waals surface area contributed by atoms with Crippen molar-refractivity contribution in [1.29, 1.82) is 0 Å². The Kier molecular flexibility index (Phi) is 10.3. The lowest BCUT2D eigenvalue weighted by molar-refractivity contribution is -0.136. The van der Waals surface area contributed by atoms with Crippen molar-refractivity contribution in [1.82, 2.24) is 21.3 Å². The van der Waals surface area contributed by atoms with Gasteiger partial charge in [-0.2, -0.15) is 0 Å². The zero-order valence-electron chi connectivity index (χ0n) is 20.2. The Morgan fingerprint density at radius 3 is 2.24 bits per heavy atom. The van der Waals surface area contributed by atoms with Gasteiger partial charge in [-0.15, -0.1) is 0 Å². The highest BCUT2D eigenvalue weighted by molar-refractivity contribution is 5.76. The Labute approximate surface area is 198 Å². The van der Waals surface area contributed by atoms with E-state index < -0.39 is 5.97 Å². The molecule has 0 aliphatic heterocycles. The van der Waals surface area contributed by atoms with Crippen molar-refractivity contribution in [3.8, 4) is 0 Å². The molecular weight excluding hydrogens is 420 g/mol. The molecule has 33 heavy (non-hydrogen) atoms. The van der Waals surface area contributed by atoms with Gasteiger partial charge >= 0.3 is 12.0 Å². The van der Waals surface area contributed by atoms with Gasteiger partial charge in [-0.05, 0) is 76.0 Å². The molecule has 0 aromatic heterocycles. The van der Waals surface area contributed by atoms with E-state index in [9.17, 15) is 14.4 Å². The standard InChI is InChI=1S/C25H44N4O4/c1-17-5-2-3-8-22(17)29-25(33)28-19-11-9-18(10-12-19)15-23(30)27-21-7-4-6-20(16-21)26-14-13-24(31)32/h17-22,26H,2-16H2,1H3,(H,27,30)(H,31,32)(H2,28,29,33). The fourth-order valence-corrected chi connectivity index (χ4v) is 5.88. The Bertz CT molecular complexity index is 650. The van der Waals surface area contributed by atoms with Gasteiger partial charge in [0.15, 0.2) is 0 Å². The number of carbonyl (C=O) groups is 3. The predicted molar refractivity (Wildman–Crippen MR) is 128 cm³/mol. The fraction of sp³-hybridized carbons (Fsp3) is 0.880. The zero-order chi connectivity index (χ0) is 23.6. The molecule has 3 fully saturated rings. The number of carbonyl (C=O) groups excluding carboxylic acids is 2. The van der Waals surface area contributed by atoms with Crippen molar-refractivity contribution in [3.63, 3.8) is 0 Å². The molecule has 4 atom stereocenters. The second-order valence-electron chi connectivity index (χ2n) is 10.6. The number of hydrogen-bond donors (Lipinski definition) is 5. The highest BCUT2D eigenvalue weighted by Gasteiger charge is 2.28. The van der Waals surface area contributed by atoms with Gasteiger partial charge in [0.25, 0.3) is 0 Å². The molecule has 3 rings (SSSR count). The van der Waals surface area contributed by atoms with Crippen LogP contribution in [0.3, 0.4) is 0 Å². The smallest absolute Gasteiger partial charge is 0.315 e. The van der Waals surface area contributed by atoms with Crippen LogP contribution < -0.4 is 21.3 Å². The van der Waals surface area contributed by atoms with Gasteiger partial charge in [-0.3, -0.25) is 9.59 Å². The number of amides is 3. The van der Waals surface area contributed by atoms with E-state index in [1.807, 2.05) is 0 Å². The number of rotatable bonds is 9. The first-order valence-electron chi connectivity index (χ1n) is 13.2. The summed E-state index contributed by atoms with van der Waals surface area (Å²) >= 11 is 0. The normalized spacial score (nSPS) is 32.5. The Balaban J connectivity index is 1.29. The summed E-state index contributed by atoms with van der Waals surface area (Å²) in [7, 11) is 0. The number of carboxylic acid groups (broad SMARTS) is 1. The molecule has 3 saturated carbocycles.